The largest absolute Gasteiger partial charge is 0.467 e. The Hall–Kier alpha value is -1.33. The highest BCUT2D eigenvalue weighted by molar-refractivity contribution is 5.76. The van der Waals surface area contributed by atoms with E-state index < -0.39 is 12.0 Å². The molecule has 1 heterocycles. The molecule has 1 atom stereocenters. The number of furan rings is 1. The minimum atomic E-state index is -0.960. The molecule has 1 rings (SSSR count). The number of nitrogens with one attached hydrogen (secondary N) is 1. The van der Waals surface area contributed by atoms with Crippen LogP contribution in [0, 0.1) is 6.92 Å². The van der Waals surface area contributed by atoms with Crippen molar-refractivity contribution in [3.05, 3.63) is 23.7 Å². The van der Waals surface area contributed by atoms with Crippen LogP contribution in [0.1, 0.15) is 17.6 Å². The maximum Gasteiger partial charge on any atom is 0.333 e. The van der Waals surface area contributed by atoms with E-state index in [9.17, 15) is 4.79 Å². The van der Waals surface area contributed by atoms with E-state index in [1.54, 1.807) is 19.1 Å². The molecule has 0 saturated heterocycles. The fourth-order valence-corrected chi connectivity index (χ4v) is 0.959. The second-order valence-corrected chi connectivity index (χ2v) is 2.53. The van der Waals surface area contributed by atoms with Gasteiger partial charge in [-0.25, -0.2) is 4.79 Å². The fourth-order valence-electron chi connectivity index (χ4n) is 0.959. The monoisotopic (exact) mass is 185 g/mol. The zero-order chi connectivity index (χ0) is 9.84. The number of hydrogen-bond donors (Lipinski definition) is 2. The average molecular weight is 185 g/mol. The molecule has 72 valence electrons. The molecule has 0 aliphatic heterocycles. The predicted octanol–water partition coefficient (Wildman–Crippen LogP) is 0.781. The highest BCUT2D eigenvalue weighted by atomic mass is 16.5. The zero-order valence-electron chi connectivity index (χ0n) is 7.40. The Balaban J connectivity index is 2.84. The van der Waals surface area contributed by atoms with Gasteiger partial charge in [-0.2, -0.15) is 5.48 Å². The third-order valence-corrected chi connectivity index (χ3v) is 1.61. The summed E-state index contributed by atoms with van der Waals surface area (Å²) in [5, 5.41) is 8.68. The van der Waals surface area contributed by atoms with Gasteiger partial charge in [0.25, 0.3) is 0 Å². The van der Waals surface area contributed by atoms with E-state index in [-0.39, 0.29) is 0 Å². The number of carbonyl (C=O) groups is 1. The van der Waals surface area contributed by atoms with Gasteiger partial charge >= 0.3 is 5.97 Å². The molecule has 0 radical (unpaired) electrons. The molecular formula is C8H11NO4. The van der Waals surface area contributed by atoms with Crippen LogP contribution in [0.25, 0.3) is 0 Å². The molecule has 0 amide bonds. The lowest BCUT2D eigenvalue weighted by Crippen LogP contribution is -2.26. The van der Waals surface area contributed by atoms with Crippen molar-refractivity contribution in [3.8, 4) is 0 Å². The highest BCUT2D eigenvalue weighted by Crippen LogP contribution is 2.16. The van der Waals surface area contributed by atoms with Crippen LogP contribution in [-0.4, -0.2) is 18.3 Å². The number of rotatable bonds is 3. The summed E-state index contributed by atoms with van der Waals surface area (Å²) >= 11 is 0. The Kier molecular flexibility index (Phi) is 3.05. The van der Waals surface area contributed by atoms with Gasteiger partial charge in [-0.1, -0.05) is 0 Å². The molecule has 0 fully saturated rings. The van der Waals surface area contributed by atoms with E-state index in [4.69, 9.17) is 9.62 Å². The van der Waals surface area contributed by atoms with E-state index in [2.05, 4.69) is 4.74 Å². The summed E-state index contributed by atoms with van der Waals surface area (Å²) in [5.74, 6) is 0.392. The molecule has 0 aliphatic rings. The summed E-state index contributed by atoms with van der Waals surface area (Å²) in [7, 11) is 1.24. The van der Waals surface area contributed by atoms with Crippen molar-refractivity contribution in [3.63, 3.8) is 0 Å². The number of esters is 1. The molecule has 0 bridgehead atoms. The van der Waals surface area contributed by atoms with Crippen LogP contribution in [-0.2, 0) is 9.53 Å². The van der Waals surface area contributed by atoms with Gasteiger partial charge in [0.15, 0.2) is 6.04 Å². The number of carbonyl (C=O) groups excluding carboxylic acids is 1. The second-order valence-electron chi connectivity index (χ2n) is 2.53. The molecule has 2 N–H and O–H groups in total. The standard InChI is InChI=1S/C8H11NO4/c1-5-3-4-6(13-5)7(9-11)8(10)12-2/h3-4,7,9,11H,1-2H3/t7-/m1/s1. The molecule has 5 heteroatoms. The van der Waals surface area contributed by atoms with Crippen molar-refractivity contribution in [1.82, 2.24) is 5.48 Å². The van der Waals surface area contributed by atoms with Crippen molar-refractivity contribution in [1.29, 1.82) is 0 Å². The summed E-state index contributed by atoms with van der Waals surface area (Å²) in [5.41, 5.74) is 1.81. The lowest BCUT2D eigenvalue weighted by atomic mass is 10.2. The summed E-state index contributed by atoms with van der Waals surface area (Å²) in [4.78, 5) is 11.0. The van der Waals surface area contributed by atoms with Crippen molar-refractivity contribution < 1.29 is 19.2 Å². The minimum Gasteiger partial charge on any atom is -0.467 e. The van der Waals surface area contributed by atoms with Gasteiger partial charge in [0.05, 0.1) is 7.11 Å². The van der Waals surface area contributed by atoms with Gasteiger partial charge in [0.1, 0.15) is 11.5 Å². The van der Waals surface area contributed by atoms with Crippen LogP contribution >= 0.6 is 0 Å². The first kappa shape index (κ1) is 9.76. The van der Waals surface area contributed by atoms with Crippen molar-refractivity contribution in [2.24, 2.45) is 0 Å². The van der Waals surface area contributed by atoms with Crippen LogP contribution < -0.4 is 5.48 Å². The number of ether oxygens (including phenoxy) is 1. The molecular weight excluding hydrogens is 174 g/mol. The maximum absolute atomic E-state index is 11.0. The predicted molar refractivity (Wildman–Crippen MR) is 43.1 cm³/mol. The Morgan fingerprint density at radius 3 is 2.77 bits per heavy atom. The summed E-state index contributed by atoms with van der Waals surface area (Å²) in [6.07, 6.45) is 0. The van der Waals surface area contributed by atoms with Gasteiger partial charge in [-0.15, -0.1) is 0 Å². The Labute approximate surface area is 75.3 Å². The molecule has 1 aromatic heterocycles. The maximum atomic E-state index is 11.0. The second kappa shape index (κ2) is 4.06. The van der Waals surface area contributed by atoms with Crippen LogP contribution in [0.2, 0.25) is 0 Å². The molecule has 5 nitrogen and oxygen atoms in total. The fraction of sp³-hybridized carbons (Fsp3) is 0.375. The minimum absolute atomic E-state index is 0.326. The summed E-state index contributed by atoms with van der Waals surface area (Å²) < 4.78 is 9.58. The van der Waals surface area contributed by atoms with Crippen molar-refractivity contribution in [2.45, 2.75) is 13.0 Å². The van der Waals surface area contributed by atoms with Crippen LogP contribution in [0.5, 0.6) is 0 Å². The van der Waals surface area contributed by atoms with E-state index in [1.807, 2.05) is 5.48 Å². The number of hydroxylamine groups is 1. The molecule has 0 unspecified atom stereocenters. The molecule has 0 aromatic carbocycles. The molecule has 0 spiro atoms. The topological polar surface area (TPSA) is 71.7 Å². The average Bonchev–Trinajstić information content (AvgIpc) is 2.53. The molecule has 0 aliphatic carbocycles. The number of hydrogen-bond acceptors (Lipinski definition) is 5. The first-order chi connectivity index (χ1) is 6.19. The summed E-state index contributed by atoms with van der Waals surface area (Å²) in [6.45, 7) is 1.75. The quantitative estimate of drug-likeness (QED) is 0.537. The Morgan fingerprint density at radius 1 is 1.69 bits per heavy atom. The van der Waals surface area contributed by atoms with Gasteiger partial charge in [0.2, 0.25) is 0 Å². The van der Waals surface area contributed by atoms with E-state index in [0.29, 0.717) is 11.5 Å². The third-order valence-electron chi connectivity index (χ3n) is 1.61. The number of aryl methyl sites for hydroxylation is 1. The Bertz CT molecular complexity index is 294. The van der Waals surface area contributed by atoms with Gasteiger partial charge in [0, 0.05) is 0 Å². The van der Waals surface area contributed by atoms with E-state index in [0.717, 1.165) is 0 Å². The van der Waals surface area contributed by atoms with Crippen LogP contribution in [0.4, 0.5) is 0 Å². The first-order valence-electron chi connectivity index (χ1n) is 3.73. The lowest BCUT2D eigenvalue weighted by Gasteiger charge is -2.08. The molecule has 13 heavy (non-hydrogen) atoms. The van der Waals surface area contributed by atoms with Crippen LogP contribution in [0.15, 0.2) is 16.5 Å². The zero-order valence-corrected chi connectivity index (χ0v) is 7.40. The summed E-state index contributed by atoms with van der Waals surface area (Å²) in [6, 6.07) is 2.33. The third kappa shape index (κ3) is 2.07. The smallest absolute Gasteiger partial charge is 0.333 e. The van der Waals surface area contributed by atoms with Crippen LogP contribution in [0.3, 0.4) is 0 Å². The van der Waals surface area contributed by atoms with Crippen molar-refractivity contribution in [2.75, 3.05) is 7.11 Å². The number of methoxy groups -OCH3 is 1. The van der Waals surface area contributed by atoms with E-state index in [1.165, 1.54) is 7.11 Å². The molecule has 0 saturated carbocycles. The normalized spacial score (nSPS) is 12.5. The Morgan fingerprint density at radius 2 is 2.38 bits per heavy atom. The van der Waals surface area contributed by atoms with Gasteiger partial charge < -0.3 is 14.4 Å². The van der Waals surface area contributed by atoms with Gasteiger partial charge in [-0.3, -0.25) is 0 Å². The highest BCUT2D eigenvalue weighted by Gasteiger charge is 2.23. The molecule has 1 aromatic rings. The SMILES string of the molecule is COC(=O)[C@H](NO)c1ccc(C)o1. The van der Waals surface area contributed by atoms with Crippen molar-refractivity contribution >= 4 is 5.97 Å². The van der Waals surface area contributed by atoms with Gasteiger partial charge in [-0.05, 0) is 19.1 Å². The lowest BCUT2D eigenvalue weighted by molar-refractivity contribution is -0.146. The first-order valence-corrected chi connectivity index (χ1v) is 3.73. The van der Waals surface area contributed by atoms with E-state index >= 15 is 0 Å².